The van der Waals surface area contributed by atoms with E-state index in [4.69, 9.17) is 17.0 Å². The maximum atomic E-state index is 13.7. The zero-order chi connectivity index (χ0) is 26.8. The molecule has 0 aliphatic carbocycles. The lowest BCUT2D eigenvalue weighted by Crippen LogP contribution is -2.57. The third-order valence-electron chi connectivity index (χ3n) is 5.35. The van der Waals surface area contributed by atoms with Crippen molar-refractivity contribution >= 4 is 59.2 Å². The number of aromatic amines is 1. The Hall–Kier alpha value is -3.06. The van der Waals surface area contributed by atoms with Crippen molar-refractivity contribution in [2.45, 2.75) is 39.1 Å². The summed E-state index contributed by atoms with van der Waals surface area (Å²) in [5.74, 6) is -1.23. The Bertz CT molecular complexity index is 1230. The van der Waals surface area contributed by atoms with E-state index < -0.39 is 30.0 Å². The number of aromatic nitrogens is 2. The van der Waals surface area contributed by atoms with Crippen LogP contribution in [-0.2, 0) is 27.5 Å². The average molecular weight is 560 g/mol. The van der Waals surface area contributed by atoms with Gasteiger partial charge in [-0.3, -0.25) is 14.7 Å². The summed E-state index contributed by atoms with van der Waals surface area (Å²) in [6.07, 6.45) is -0.917. The SMILES string of the molecule is CC(C)[C@H](NC(=O)[C@@H](CS)NCc1ccccc1)C(=O)N(C(=O)OCc1ccccc1)c1n[nH]c(=S)s1. The van der Waals surface area contributed by atoms with Gasteiger partial charge >= 0.3 is 6.09 Å². The number of imide groups is 1. The Labute approximate surface area is 230 Å². The molecular weight excluding hydrogens is 531 g/mol. The van der Waals surface area contributed by atoms with Crippen LogP contribution in [0.15, 0.2) is 60.7 Å². The van der Waals surface area contributed by atoms with Gasteiger partial charge in [0.2, 0.25) is 11.0 Å². The lowest BCUT2D eigenvalue weighted by Gasteiger charge is -2.28. The molecule has 0 bridgehead atoms. The van der Waals surface area contributed by atoms with Crippen LogP contribution in [0.3, 0.4) is 0 Å². The van der Waals surface area contributed by atoms with Gasteiger partial charge < -0.3 is 15.4 Å². The number of benzene rings is 2. The molecule has 12 heteroatoms. The zero-order valence-electron chi connectivity index (χ0n) is 20.4. The van der Waals surface area contributed by atoms with Crippen LogP contribution in [0.25, 0.3) is 0 Å². The Balaban J connectivity index is 1.76. The number of hydrogen-bond donors (Lipinski definition) is 4. The molecule has 0 saturated heterocycles. The highest BCUT2D eigenvalue weighted by Gasteiger charge is 2.37. The van der Waals surface area contributed by atoms with Crippen molar-refractivity contribution in [1.29, 1.82) is 0 Å². The first-order valence-electron chi connectivity index (χ1n) is 11.6. The van der Waals surface area contributed by atoms with Gasteiger partial charge in [-0.25, -0.2) is 4.79 Å². The number of carbonyl (C=O) groups excluding carboxylic acids is 3. The summed E-state index contributed by atoms with van der Waals surface area (Å²) in [6, 6.07) is 17.0. The molecule has 3 rings (SSSR count). The number of rotatable bonds is 11. The van der Waals surface area contributed by atoms with Gasteiger partial charge in [0.15, 0.2) is 3.95 Å². The molecule has 0 aliphatic heterocycles. The number of H-pyrrole nitrogens is 1. The van der Waals surface area contributed by atoms with E-state index in [1.54, 1.807) is 26.0 Å². The molecule has 37 heavy (non-hydrogen) atoms. The van der Waals surface area contributed by atoms with E-state index in [-0.39, 0.29) is 27.4 Å². The third kappa shape index (κ3) is 8.22. The second kappa shape index (κ2) is 14.0. The molecule has 0 unspecified atom stereocenters. The molecular formula is C25H29N5O4S3. The number of hydrogen-bond acceptors (Lipinski definition) is 9. The number of ether oxygens (including phenoxy) is 1. The Morgan fingerprint density at radius 2 is 1.70 bits per heavy atom. The van der Waals surface area contributed by atoms with Crippen LogP contribution in [0.1, 0.15) is 25.0 Å². The van der Waals surface area contributed by atoms with Crippen molar-refractivity contribution in [3.63, 3.8) is 0 Å². The third-order valence-corrected chi connectivity index (χ3v) is 6.79. The summed E-state index contributed by atoms with van der Waals surface area (Å²) in [4.78, 5) is 40.7. The van der Waals surface area contributed by atoms with E-state index in [1.165, 1.54) is 0 Å². The quantitative estimate of drug-likeness (QED) is 0.206. The number of nitrogens with zero attached hydrogens (tertiary/aromatic N) is 2. The summed E-state index contributed by atoms with van der Waals surface area (Å²) < 4.78 is 5.70. The van der Waals surface area contributed by atoms with Crippen LogP contribution in [0.5, 0.6) is 0 Å². The smallest absolute Gasteiger partial charge is 0.423 e. The molecule has 3 aromatic rings. The van der Waals surface area contributed by atoms with Gasteiger partial charge in [0.1, 0.15) is 12.6 Å². The second-order valence-corrected chi connectivity index (χ2v) is 10.5. The average Bonchev–Trinajstić information content (AvgIpc) is 3.32. The number of thiol groups is 1. The van der Waals surface area contributed by atoms with Crippen LogP contribution < -0.4 is 15.5 Å². The zero-order valence-corrected chi connectivity index (χ0v) is 22.9. The van der Waals surface area contributed by atoms with E-state index in [2.05, 4.69) is 33.5 Å². The van der Waals surface area contributed by atoms with Crippen molar-refractivity contribution in [1.82, 2.24) is 20.8 Å². The van der Waals surface area contributed by atoms with Crippen molar-refractivity contribution in [2.75, 3.05) is 10.7 Å². The van der Waals surface area contributed by atoms with Gasteiger partial charge in [-0.2, -0.15) is 17.5 Å². The van der Waals surface area contributed by atoms with Crippen LogP contribution in [0.2, 0.25) is 0 Å². The number of amides is 3. The van der Waals surface area contributed by atoms with E-state index in [1.807, 2.05) is 48.5 Å². The van der Waals surface area contributed by atoms with E-state index >= 15 is 0 Å². The first-order chi connectivity index (χ1) is 17.8. The number of anilines is 1. The van der Waals surface area contributed by atoms with Gasteiger partial charge in [-0.05, 0) is 29.3 Å². The molecule has 1 heterocycles. The molecule has 9 nitrogen and oxygen atoms in total. The molecule has 0 saturated carbocycles. The molecule has 0 radical (unpaired) electrons. The molecule has 0 fully saturated rings. The molecule has 196 valence electrons. The van der Waals surface area contributed by atoms with Gasteiger partial charge in [0, 0.05) is 12.3 Å². The Kier molecular flexibility index (Phi) is 10.8. The molecule has 3 amide bonds. The highest BCUT2D eigenvalue weighted by molar-refractivity contribution is 7.80. The maximum Gasteiger partial charge on any atom is 0.423 e. The molecule has 0 spiro atoms. The van der Waals surface area contributed by atoms with Gasteiger partial charge in [0.25, 0.3) is 5.91 Å². The normalized spacial score (nSPS) is 12.5. The minimum atomic E-state index is -1.03. The van der Waals surface area contributed by atoms with Crippen molar-refractivity contribution in [3.8, 4) is 0 Å². The summed E-state index contributed by atoms with van der Waals surface area (Å²) in [5, 5.41) is 12.5. The topological polar surface area (TPSA) is 116 Å². The van der Waals surface area contributed by atoms with Crippen LogP contribution >= 0.6 is 36.2 Å². The maximum absolute atomic E-state index is 13.7. The number of nitrogens with one attached hydrogen (secondary N) is 3. The minimum Gasteiger partial charge on any atom is -0.444 e. The van der Waals surface area contributed by atoms with Crippen LogP contribution in [0, 0.1) is 9.87 Å². The van der Waals surface area contributed by atoms with E-state index in [9.17, 15) is 14.4 Å². The lowest BCUT2D eigenvalue weighted by molar-refractivity contribution is -0.129. The van der Waals surface area contributed by atoms with Crippen LogP contribution in [0.4, 0.5) is 9.93 Å². The van der Waals surface area contributed by atoms with Gasteiger partial charge in [0.05, 0.1) is 6.04 Å². The van der Waals surface area contributed by atoms with Gasteiger partial charge in [-0.15, -0.1) is 5.10 Å². The fourth-order valence-electron chi connectivity index (χ4n) is 3.35. The second-order valence-electron chi connectivity index (χ2n) is 8.44. The van der Waals surface area contributed by atoms with Gasteiger partial charge in [-0.1, -0.05) is 85.8 Å². The molecule has 1 aromatic heterocycles. The van der Waals surface area contributed by atoms with Crippen molar-refractivity contribution < 1.29 is 19.1 Å². The molecule has 2 atom stereocenters. The Morgan fingerprint density at radius 3 is 2.24 bits per heavy atom. The van der Waals surface area contributed by atoms with E-state index in [0.29, 0.717) is 6.54 Å². The summed E-state index contributed by atoms with van der Waals surface area (Å²) in [6.45, 7) is 3.96. The molecule has 0 aliphatic rings. The van der Waals surface area contributed by atoms with E-state index in [0.717, 1.165) is 27.4 Å². The largest absolute Gasteiger partial charge is 0.444 e. The first-order valence-corrected chi connectivity index (χ1v) is 13.4. The first kappa shape index (κ1) is 28.5. The minimum absolute atomic E-state index is 0.0286. The molecule has 3 N–H and O–H groups in total. The van der Waals surface area contributed by atoms with Crippen molar-refractivity contribution in [3.05, 3.63) is 75.7 Å². The Morgan fingerprint density at radius 1 is 1.08 bits per heavy atom. The van der Waals surface area contributed by atoms with Crippen molar-refractivity contribution in [2.24, 2.45) is 5.92 Å². The summed E-state index contributed by atoms with van der Waals surface area (Å²) in [5.41, 5.74) is 1.76. The number of carbonyl (C=O) groups is 3. The highest BCUT2D eigenvalue weighted by Crippen LogP contribution is 2.22. The monoisotopic (exact) mass is 559 g/mol. The molecule has 2 aromatic carbocycles. The summed E-state index contributed by atoms with van der Waals surface area (Å²) in [7, 11) is 0. The lowest BCUT2D eigenvalue weighted by atomic mass is 10.0. The van der Waals surface area contributed by atoms with Crippen LogP contribution in [-0.4, -0.2) is 45.9 Å². The highest BCUT2D eigenvalue weighted by atomic mass is 32.1. The fraction of sp³-hybridized carbons (Fsp3) is 0.320. The summed E-state index contributed by atoms with van der Waals surface area (Å²) >= 11 is 10.4. The standard InChI is InChI=1S/C25H29N5O4S3/c1-16(2)20(27-21(31)19(15-35)26-13-17-9-5-3-6-10-17)22(32)30(23-28-29-24(36)37-23)25(33)34-14-18-11-7-4-8-12-18/h3-12,16,19-20,26,35H,13-15H2,1-2H3,(H,27,31)(H,29,36)/t19-,20+/m1/s1. The predicted molar refractivity (Wildman–Crippen MR) is 149 cm³/mol. The fourth-order valence-corrected chi connectivity index (χ4v) is 4.52. The predicted octanol–water partition coefficient (Wildman–Crippen LogP) is 4.10.